The number of aromatic nitrogens is 1. The van der Waals surface area contributed by atoms with Gasteiger partial charge in [-0.1, -0.05) is 48.0 Å². The van der Waals surface area contributed by atoms with Gasteiger partial charge in [-0.15, -0.1) is 22.3 Å². The van der Waals surface area contributed by atoms with Crippen LogP contribution in [0.15, 0.2) is 81.9 Å². The quantitative estimate of drug-likeness (QED) is 0.608. The molecular weight excluding hydrogens is 376 g/mol. The Morgan fingerprint density at radius 1 is 1.12 bits per heavy atom. The lowest BCUT2D eigenvalue weighted by molar-refractivity contribution is 0.595. The molecule has 128 valence electrons. The van der Waals surface area contributed by atoms with Gasteiger partial charge in [-0.05, 0) is 29.8 Å². The molecule has 0 aliphatic rings. The summed E-state index contributed by atoms with van der Waals surface area (Å²) in [5, 5.41) is 2.37. The first-order valence-corrected chi connectivity index (χ1v) is 10.1. The maximum atomic E-state index is 12.6. The Balaban J connectivity index is 2.13. The summed E-state index contributed by atoms with van der Waals surface area (Å²) in [4.78, 5) is 0.505. The van der Waals surface area contributed by atoms with E-state index in [1.165, 1.54) is 35.6 Å². The van der Waals surface area contributed by atoms with Gasteiger partial charge < -0.3 is 4.57 Å². The number of thiazole rings is 1. The first kappa shape index (κ1) is 17.7. The Morgan fingerprint density at radius 3 is 2.44 bits per heavy atom. The smallest absolute Gasteiger partial charge is 0.285 e. The van der Waals surface area contributed by atoms with Gasteiger partial charge in [-0.3, -0.25) is 0 Å². The summed E-state index contributed by atoms with van der Waals surface area (Å²) in [6, 6.07) is 15.7. The largest absolute Gasteiger partial charge is 0.312 e. The third kappa shape index (κ3) is 3.92. The van der Waals surface area contributed by atoms with Crippen molar-refractivity contribution in [2.75, 3.05) is 0 Å². The second-order valence-corrected chi connectivity index (χ2v) is 8.07. The fourth-order valence-electron chi connectivity index (χ4n) is 2.31. The topological polar surface area (TPSA) is 51.4 Å². The average Bonchev–Trinajstić information content (AvgIpc) is 2.98. The number of benzene rings is 2. The molecule has 0 spiro atoms. The van der Waals surface area contributed by atoms with Gasteiger partial charge in [0.05, 0.1) is 10.6 Å². The third-order valence-electron chi connectivity index (χ3n) is 3.49. The Morgan fingerprint density at radius 2 is 1.80 bits per heavy atom. The zero-order valence-corrected chi connectivity index (χ0v) is 15.6. The number of hydrogen-bond acceptors (Lipinski definition) is 3. The molecule has 25 heavy (non-hydrogen) atoms. The molecule has 1 heterocycles. The van der Waals surface area contributed by atoms with Crippen LogP contribution in [0.4, 0.5) is 0 Å². The van der Waals surface area contributed by atoms with Crippen LogP contribution in [-0.2, 0) is 16.6 Å². The molecule has 0 N–H and O–H groups in total. The molecule has 0 saturated heterocycles. The third-order valence-corrected chi connectivity index (χ3v) is 6.00. The van der Waals surface area contributed by atoms with Crippen molar-refractivity contribution in [3.05, 3.63) is 82.5 Å². The predicted molar refractivity (Wildman–Crippen MR) is 102 cm³/mol. The van der Waals surface area contributed by atoms with Gasteiger partial charge in [-0.2, -0.15) is 8.42 Å². The zero-order chi connectivity index (χ0) is 17.9. The van der Waals surface area contributed by atoms with Crippen LogP contribution in [0.25, 0.3) is 11.3 Å². The van der Waals surface area contributed by atoms with Crippen molar-refractivity contribution >= 4 is 33.0 Å². The summed E-state index contributed by atoms with van der Waals surface area (Å²) in [5.41, 5.74) is 1.89. The summed E-state index contributed by atoms with van der Waals surface area (Å²) in [6.45, 7) is 4.21. The monoisotopic (exact) mass is 390 g/mol. The zero-order valence-electron chi connectivity index (χ0n) is 13.2. The van der Waals surface area contributed by atoms with Gasteiger partial charge in [0.25, 0.3) is 10.0 Å². The van der Waals surface area contributed by atoms with Crippen LogP contribution in [0.3, 0.4) is 0 Å². The lowest BCUT2D eigenvalue weighted by atomic mass is 10.2. The summed E-state index contributed by atoms with van der Waals surface area (Å²) in [5.74, 6) is 0. The molecule has 0 atom stereocenters. The SMILES string of the molecule is C=CCn1c(-c2ccccc2)cs/c1=N/S(=O)(=O)c1ccc(Cl)cc1. The molecule has 0 fully saturated rings. The lowest BCUT2D eigenvalue weighted by Crippen LogP contribution is -2.17. The van der Waals surface area contributed by atoms with E-state index >= 15 is 0 Å². The van der Waals surface area contributed by atoms with Crippen molar-refractivity contribution in [2.24, 2.45) is 4.40 Å². The second kappa shape index (κ2) is 7.39. The highest BCUT2D eigenvalue weighted by atomic mass is 35.5. The molecule has 0 radical (unpaired) electrons. The molecule has 0 saturated carbocycles. The van der Waals surface area contributed by atoms with Crippen LogP contribution in [0, 0.1) is 0 Å². The molecule has 0 amide bonds. The van der Waals surface area contributed by atoms with Crippen molar-refractivity contribution in [3.8, 4) is 11.3 Å². The van der Waals surface area contributed by atoms with E-state index in [1.54, 1.807) is 6.08 Å². The van der Waals surface area contributed by atoms with Crippen molar-refractivity contribution in [1.82, 2.24) is 4.57 Å². The molecule has 3 rings (SSSR count). The Labute approximate surface area is 155 Å². The molecule has 0 aliphatic carbocycles. The van der Waals surface area contributed by atoms with E-state index in [4.69, 9.17) is 11.6 Å². The molecular formula is C18H15ClN2O2S2. The van der Waals surface area contributed by atoms with E-state index in [-0.39, 0.29) is 4.90 Å². The number of hydrogen-bond donors (Lipinski definition) is 0. The Bertz CT molecular complexity index is 1050. The highest BCUT2D eigenvalue weighted by molar-refractivity contribution is 7.90. The standard InChI is InChI=1S/C18H15ClN2O2S2/c1-2-12-21-17(14-6-4-3-5-7-14)13-24-18(21)20-25(22,23)16-10-8-15(19)9-11-16/h2-11,13H,1,12H2/b20-18+. The summed E-state index contributed by atoms with van der Waals surface area (Å²) >= 11 is 7.10. The maximum absolute atomic E-state index is 12.6. The van der Waals surface area contributed by atoms with Gasteiger partial charge in [-0.25, -0.2) is 0 Å². The van der Waals surface area contributed by atoms with E-state index in [2.05, 4.69) is 11.0 Å². The van der Waals surface area contributed by atoms with E-state index in [0.29, 0.717) is 16.4 Å². The van der Waals surface area contributed by atoms with E-state index in [1.807, 2.05) is 40.3 Å². The number of sulfonamides is 1. The molecule has 2 aromatic carbocycles. The number of nitrogens with zero attached hydrogens (tertiary/aromatic N) is 2. The fraction of sp³-hybridized carbons (Fsp3) is 0.0556. The molecule has 4 nitrogen and oxygen atoms in total. The minimum Gasteiger partial charge on any atom is -0.312 e. The summed E-state index contributed by atoms with van der Waals surface area (Å²) < 4.78 is 31.0. The molecule has 0 unspecified atom stereocenters. The van der Waals surface area contributed by atoms with Gasteiger partial charge in [0.2, 0.25) is 4.80 Å². The van der Waals surface area contributed by atoms with Crippen LogP contribution in [0.5, 0.6) is 0 Å². The minimum atomic E-state index is -3.82. The average molecular weight is 391 g/mol. The number of rotatable bonds is 5. The summed E-state index contributed by atoms with van der Waals surface area (Å²) in [6.07, 6.45) is 1.72. The van der Waals surface area contributed by atoms with Crippen molar-refractivity contribution < 1.29 is 8.42 Å². The van der Waals surface area contributed by atoms with Gasteiger partial charge >= 0.3 is 0 Å². The van der Waals surface area contributed by atoms with Crippen molar-refractivity contribution in [1.29, 1.82) is 0 Å². The lowest BCUT2D eigenvalue weighted by Gasteiger charge is -2.06. The molecule has 1 aromatic heterocycles. The summed E-state index contributed by atoms with van der Waals surface area (Å²) in [7, 11) is -3.82. The first-order valence-electron chi connectivity index (χ1n) is 7.42. The predicted octanol–water partition coefficient (Wildman–Crippen LogP) is 4.35. The van der Waals surface area contributed by atoms with Crippen molar-refractivity contribution in [2.45, 2.75) is 11.4 Å². The van der Waals surface area contributed by atoms with Crippen molar-refractivity contribution in [3.63, 3.8) is 0 Å². The molecule has 3 aromatic rings. The van der Waals surface area contributed by atoms with Crippen LogP contribution in [-0.4, -0.2) is 13.0 Å². The normalized spacial score (nSPS) is 12.3. The number of halogens is 1. The fourth-order valence-corrected chi connectivity index (χ4v) is 4.57. The van der Waals surface area contributed by atoms with Crippen LogP contribution in [0.2, 0.25) is 5.02 Å². The van der Waals surface area contributed by atoms with Crippen LogP contribution < -0.4 is 4.80 Å². The van der Waals surface area contributed by atoms with Crippen LogP contribution in [0.1, 0.15) is 0 Å². The van der Waals surface area contributed by atoms with Gasteiger partial charge in [0.15, 0.2) is 0 Å². The first-order chi connectivity index (χ1) is 12.0. The minimum absolute atomic E-state index is 0.108. The molecule has 0 bridgehead atoms. The van der Waals surface area contributed by atoms with Crippen LogP contribution >= 0.6 is 22.9 Å². The maximum Gasteiger partial charge on any atom is 0.285 e. The Kier molecular flexibility index (Phi) is 5.22. The highest BCUT2D eigenvalue weighted by Crippen LogP contribution is 2.21. The highest BCUT2D eigenvalue weighted by Gasteiger charge is 2.14. The van der Waals surface area contributed by atoms with E-state index in [9.17, 15) is 8.42 Å². The number of allylic oxidation sites excluding steroid dienone is 1. The second-order valence-electron chi connectivity index (χ2n) is 5.19. The van der Waals surface area contributed by atoms with Gasteiger partial charge in [0.1, 0.15) is 0 Å². The van der Waals surface area contributed by atoms with Gasteiger partial charge in [0, 0.05) is 16.9 Å². The molecule has 0 aliphatic heterocycles. The molecule has 7 heteroatoms. The van der Waals surface area contributed by atoms with E-state index < -0.39 is 10.0 Å². The van der Waals surface area contributed by atoms with E-state index in [0.717, 1.165) is 11.3 Å². The Hall–Kier alpha value is -2.15.